The van der Waals surface area contributed by atoms with Crippen molar-refractivity contribution in [2.45, 2.75) is 63.2 Å². The number of thiocarbonyl (C=S) groups is 1. The number of unbranched alkanes of at least 4 members (excludes halogenated alkanes) is 2. The molecule has 1 aliphatic rings. The molecule has 32 heavy (non-hydrogen) atoms. The lowest BCUT2D eigenvalue weighted by Crippen LogP contribution is -2.52. The van der Waals surface area contributed by atoms with Crippen molar-refractivity contribution in [2.75, 3.05) is 32.6 Å². The maximum atomic E-state index is 13.4. The second kappa shape index (κ2) is 12.4. The lowest BCUT2D eigenvalue weighted by Gasteiger charge is -2.37. The van der Waals surface area contributed by atoms with Crippen LogP contribution in [0.3, 0.4) is 0 Å². The SMILES string of the molecule is CN(C)[C@@H]1CCCC[C@H]1NC(=S)Nc1cc(C(=O)OCCCCCO)cc(C(F)(F)F)c1. The topological polar surface area (TPSA) is 73.8 Å². The fraction of sp³-hybridized carbons (Fsp3) is 0.636. The quantitative estimate of drug-likeness (QED) is 0.281. The summed E-state index contributed by atoms with van der Waals surface area (Å²) >= 11 is 5.35. The van der Waals surface area contributed by atoms with Crippen LogP contribution in [0, 0.1) is 0 Å². The Labute approximate surface area is 192 Å². The number of halogens is 3. The average Bonchev–Trinajstić information content (AvgIpc) is 2.72. The number of nitrogens with zero attached hydrogens (tertiary/aromatic N) is 1. The predicted octanol–water partition coefficient (Wildman–Crippen LogP) is 4.18. The summed E-state index contributed by atoms with van der Waals surface area (Å²) in [5.41, 5.74) is -1.08. The fourth-order valence-corrected chi connectivity index (χ4v) is 4.12. The van der Waals surface area contributed by atoms with Gasteiger partial charge in [-0.05, 0) is 76.6 Å². The Bertz CT molecular complexity index is 775. The molecule has 0 amide bonds. The Morgan fingerprint density at radius 1 is 1.19 bits per heavy atom. The van der Waals surface area contributed by atoms with Gasteiger partial charge in [-0.1, -0.05) is 12.8 Å². The maximum Gasteiger partial charge on any atom is 0.416 e. The van der Waals surface area contributed by atoms with Crippen LogP contribution in [0.1, 0.15) is 60.9 Å². The van der Waals surface area contributed by atoms with Gasteiger partial charge in [0.2, 0.25) is 0 Å². The van der Waals surface area contributed by atoms with Gasteiger partial charge >= 0.3 is 12.1 Å². The van der Waals surface area contributed by atoms with Crippen LogP contribution in [0.2, 0.25) is 0 Å². The highest BCUT2D eigenvalue weighted by molar-refractivity contribution is 7.80. The molecule has 10 heteroatoms. The van der Waals surface area contributed by atoms with Gasteiger partial charge in [-0.15, -0.1) is 0 Å². The van der Waals surface area contributed by atoms with Gasteiger partial charge in [0.1, 0.15) is 0 Å². The number of aliphatic hydroxyl groups excluding tert-OH is 1. The van der Waals surface area contributed by atoms with Crippen LogP contribution in [-0.4, -0.2) is 60.5 Å². The number of ether oxygens (including phenoxy) is 1. The summed E-state index contributed by atoms with van der Waals surface area (Å²) in [6.07, 6.45) is 1.26. The van der Waals surface area contributed by atoms with Crippen LogP contribution in [-0.2, 0) is 10.9 Å². The largest absolute Gasteiger partial charge is 0.462 e. The molecule has 1 aliphatic carbocycles. The summed E-state index contributed by atoms with van der Waals surface area (Å²) in [7, 11) is 3.99. The number of carbonyl (C=O) groups is 1. The Kier molecular flexibility index (Phi) is 10.2. The Balaban J connectivity index is 2.09. The number of anilines is 1. The van der Waals surface area contributed by atoms with Crippen molar-refractivity contribution in [3.63, 3.8) is 0 Å². The van der Waals surface area contributed by atoms with Gasteiger partial charge in [0.15, 0.2) is 5.11 Å². The van der Waals surface area contributed by atoms with Crippen molar-refractivity contribution in [3.05, 3.63) is 29.3 Å². The number of alkyl halides is 3. The molecule has 0 radical (unpaired) electrons. The van der Waals surface area contributed by atoms with E-state index in [1.54, 1.807) is 0 Å². The molecule has 0 heterocycles. The van der Waals surface area contributed by atoms with Crippen LogP contribution >= 0.6 is 12.2 Å². The highest BCUT2D eigenvalue weighted by atomic mass is 32.1. The molecule has 0 spiro atoms. The summed E-state index contributed by atoms with van der Waals surface area (Å²) in [6, 6.07) is 3.38. The zero-order chi connectivity index (χ0) is 23.7. The fourth-order valence-electron chi connectivity index (χ4n) is 3.85. The zero-order valence-corrected chi connectivity index (χ0v) is 19.3. The number of rotatable bonds is 9. The Morgan fingerprint density at radius 3 is 2.56 bits per heavy atom. The van der Waals surface area contributed by atoms with Gasteiger partial charge in [-0.2, -0.15) is 13.2 Å². The number of esters is 1. The molecule has 180 valence electrons. The predicted molar refractivity (Wildman–Crippen MR) is 122 cm³/mol. The van der Waals surface area contributed by atoms with E-state index >= 15 is 0 Å². The first-order valence-electron chi connectivity index (χ1n) is 10.9. The minimum Gasteiger partial charge on any atom is -0.462 e. The molecule has 0 saturated heterocycles. The van der Waals surface area contributed by atoms with E-state index in [1.807, 2.05) is 14.1 Å². The Hall–Kier alpha value is -1.91. The summed E-state index contributed by atoms with van der Waals surface area (Å²) < 4.78 is 45.3. The summed E-state index contributed by atoms with van der Waals surface area (Å²) in [5.74, 6) is -0.832. The molecule has 6 nitrogen and oxygen atoms in total. The maximum absolute atomic E-state index is 13.4. The van der Waals surface area contributed by atoms with Crippen molar-refractivity contribution < 1.29 is 27.8 Å². The smallest absolute Gasteiger partial charge is 0.416 e. The summed E-state index contributed by atoms with van der Waals surface area (Å²) in [5, 5.41) is 15.0. The third-order valence-electron chi connectivity index (χ3n) is 5.50. The van der Waals surface area contributed by atoms with Crippen LogP contribution in [0.25, 0.3) is 0 Å². The Morgan fingerprint density at radius 2 is 1.91 bits per heavy atom. The second-order valence-corrected chi connectivity index (χ2v) is 8.65. The number of carbonyl (C=O) groups excluding carboxylic acids is 1. The number of benzene rings is 1. The van der Waals surface area contributed by atoms with Gasteiger partial charge in [-0.25, -0.2) is 4.79 Å². The molecule has 3 N–H and O–H groups in total. The van der Waals surface area contributed by atoms with E-state index in [2.05, 4.69) is 15.5 Å². The molecule has 0 unspecified atom stereocenters. The third-order valence-corrected chi connectivity index (χ3v) is 5.72. The number of aliphatic hydroxyl groups is 1. The van der Waals surface area contributed by atoms with Crippen molar-refractivity contribution in [2.24, 2.45) is 0 Å². The first-order chi connectivity index (χ1) is 15.1. The first kappa shape index (κ1) is 26.3. The molecule has 0 aliphatic heterocycles. The van der Waals surface area contributed by atoms with Crippen LogP contribution in [0.5, 0.6) is 0 Å². The second-order valence-electron chi connectivity index (χ2n) is 8.24. The normalized spacial score (nSPS) is 19.0. The van der Waals surface area contributed by atoms with E-state index < -0.39 is 17.7 Å². The molecule has 1 saturated carbocycles. The van der Waals surface area contributed by atoms with Gasteiger partial charge < -0.3 is 25.4 Å². The molecule has 1 fully saturated rings. The lowest BCUT2D eigenvalue weighted by molar-refractivity contribution is -0.137. The molecule has 1 aromatic rings. The third kappa shape index (κ3) is 8.22. The monoisotopic (exact) mass is 475 g/mol. The van der Waals surface area contributed by atoms with Crippen molar-refractivity contribution in [1.82, 2.24) is 10.2 Å². The highest BCUT2D eigenvalue weighted by Gasteiger charge is 2.32. The van der Waals surface area contributed by atoms with Gasteiger partial charge in [-0.3, -0.25) is 0 Å². The minimum atomic E-state index is -4.62. The molecular weight excluding hydrogens is 443 g/mol. The molecule has 2 rings (SSSR count). The minimum absolute atomic E-state index is 0.0424. The van der Waals surface area contributed by atoms with E-state index in [0.29, 0.717) is 19.3 Å². The molecule has 2 atom stereocenters. The van der Waals surface area contributed by atoms with Crippen molar-refractivity contribution in [3.8, 4) is 0 Å². The van der Waals surface area contributed by atoms with E-state index in [-0.39, 0.29) is 41.7 Å². The molecule has 0 bridgehead atoms. The summed E-state index contributed by atoms with van der Waals surface area (Å²) in [6.45, 7) is 0.117. The van der Waals surface area contributed by atoms with Gasteiger partial charge in [0.05, 0.1) is 17.7 Å². The van der Waals surface area contributed by atoms with Gasteiger partial charge in [0.25, 0.3) is 0 Å². The number of hydrogen-bond acceptors (Lipinski definition) is 5. The molecular formula is C22H32F3N3O3S. The zero-order valence-electron chi connectivity index (χ0n) is 18.5. The van der Waals surface area contributed by atoms with Crippen LogP contribution in [0.15, 0.2) is 18.2 Å². The standard InChI is InChI=1S/C22H32F3N3O3S/c1-28(2)19-9-5-4-8-18(19)27-21(32)26-17-13-15(12-16(14-17)22(23,24)25)20(30)31-11-7-3-6-10-29/h12-14,18-19,29H,3-11H2,1-2H3,(H2,26,27,32)/t18-,19-/m1/s1. The number of hydrogen-bond donors (Lipinski definition) is 3. The average molecular weight is 476 g/mol. The molecule has 0 aromatic heterocycles. The van der Waals surface area contributed by atoms with Crippen molar-refractivity contribution in [1.29, 1.82) is 0 Å². The lowest BCUT2D eigenvalue weighted by atomic mass is 9.90. The molecule has 1 aromatic carbocycles. The van der Waals surface area contributed by atoms with E-state index in [1.165, 1.54) is 6.07 Å². The highest BCUT2D eigenvalue weighted by Crippen LogP contribution is 2.32. The van der Waals surface area contributed by atoms with E-state index in [9.17, 15) is 18.0 Å². The first-order valence-corrected chi connectivity index (χ1v) is 11.3. The van der Waals surface area contributed by atoms with E-state index in [4.69, 9.17) is 22.1 Å². The summed E-state index contributed by atoms with van der Waals surface area (Å²) in [4.78, 5) is 14.4. The van der Waals surface area contributed by atoms with Crippen LogP contribution in [0.4, 0.5) is 18.9 Å². The van der Waals surface area contributed by atoms with Crippen LogP contribution < -0.4 is 10.6 Å². The van der Waals surface area contributed by atoms with E-state index in [0.717, 1.165) is 37.8 Å². The van der Waals surface area contributed by atoms with Gasteiger partial charge in [0, 0.05) is 24.4 Å². The van der Waals surface area contributed by atoms with Crippen molar-refractivity contribution >= 4 is 29.0 Å². The number of nitrogens with one attached hydrogen (secondary N) is 2. The number of likely N-dealkylation sites (N-methyl/N-ethyl adjacent to an activating group) is 1.